The van der Waals surface area contributed by atoms with Crippen molar-refractivity contribution >= 4 is 5.78 Å². The van der Waals surface area contributed by atoms with E-state index >= 15 is 0 Å². The first kappa shape index (κ1) is 23.4. The first-order valence-corrected chi connectivity index (χ1v) is 11.4. The van der Waals surface area contributed by atoms with Crippen molar-refractivity contribution in [1.82, 2.24) is 10.3 Å². The summed E-state index contributed by atoms with van der Waals surface area (Å²) in [6.45, 7) is 5.68. The van der Waals surface area contributed by atoms with Gasteiger partial charge in [0.15, 0.2) is 17.6 Å². The smallest absolute Gasteiger partial charge is 0.362 e. The van der Waals surface area contributed by atoms with Crippen LogP contribution in [0.4, 0.5) is 17.6 Å². The van der Waals surface area contributed by atoms with Gasteiger partial charge in [0.25, 0.3) is 0 Å². The summed E-state index contributed by atoms with van der Waals surface area (Å²) in [6.07, 6.45) is -2.36. The lowest BCUT2D eigenvalue weighted by atomic mass is 9.58. The van der Waals surface area contributed by atoms with Crippen molar-refractivity contribution in [2.45, 2.75) is 57.8 Å². The minimum atomic E-state index is -4.75. The maximum absolute atomic E-state index is 14.6. The fourth-order valence-electron chi connectivity index (χ4n) is 5.77. The van der Waals surface area contributed by atoms with E-state index in [4.69, 9.17) is 0 Å². The molecule has 0 fully saturated rings. The number of benzene rings is 1. The molecule has 0 radical (unpaired) electrons. The third kappa shape index (κ3) is 3.59. The first-order chi connectivity index (χ1) is 16.5. The summed E-state index contributed by atoms with van der Waals surface area (Å²) in [5.41, 5.74) is -0.762. The van der Waals surface area contributed by atoms with Gasteiger partial charge in [-0.3, -0.25) is 9.78 Å². The summed E-state index contributed by atoms with van der Waals surface area (Å²) in [4.78, 5) is 17.4. The van der Waals surface area contributed by atoms with Gasteiger partial charge in [0.2, 0.25) is 0 Å². The highest BCUT2D eigenvalue weighted by atomic mass is 19.4. The number of hydrogen-bond acceptors (Lipinski definition) is 5. The Morgan fingerprint density at radius 2 is 1.94 bits per heavy atom. The number of carbonyl (C=O) groups is 1. The molecule has 9 heteroatoms. The number of nitrogens with zero attached hydrogens (tertiary/aromatic N) is 3. The molecule has 182 valence electrons. The van der Waals surface area contributed by atoms with Crippen LogP contribution in [0.15, 0.2) is 75.5 Å². The van der Waals surface area contributed by atoms with Gasteiger partial charge in [-0.1, -0.05) is 39.0 Å². The molecule has 0 amide bonds. The molecule has 2 atom stereocenters. The van der Waals surface area contributed by atoms with Gasteiger partial charge in [-0.15, -0.1) is 5.11 Å². The number of pyridine rings is 1. The Hall–Kier alpha value is -3.36. The third-order valence-electron chi connectivity index (χ3n) is 7.11. The van der Waals surface area contributed by atoms with Crippen LogP contribution in [-0.2, 0) is 10.2 Å². The number of rotatable bonds is 3. The van der Waals surface area contributed by atoms with E-state index in [9.17, 15) is 22.4 Å². The minimum absolute atomic E-state index is 0.0772. The van der Waals surface area contributed by atoms with Crippen molar-refractivity contribution in [2.24, 2.45) is 15.6 Å². The van der Waals surface area contributed by atoms with E-state index < -0.39 is 29.3 Å². The molecule has 0 spiro atoms. The van der Waals surface area contributed by atoms with E-state index in [2.05, 4.69) is 20.5 Å². The number of fused-ring (bicyclic) bond motifs is 1. The molecule has 5 rings (SSSR count). The Morgan fingerprint density at radius 1 is 1.17 bits per heavy atom. The highest BCUT2D eigenvalue weighted by Gasteiger charge is 2.57. The van der Waals surface area contributed by atoms with Gasteiger partial charge in [0, 0.05) is 35.0 Å². The molecular weight excluding hydrogens is 460 g/mol. The van der Waals surface area contributed by atoms with Crippen molar-refractivity contribution in [3.8, 4) is 11.1 Å². The van der Waals surface area contributed by atoms with Crippen LogP contribution in [0.3, 0.4) is 0 Å². The second kappa shape index (κ2) is 7.83. The molecule has 3 aliphatic rings. The van der Waals surface area contributed by atoms with Crippen molar-refractivity contribution in [3.05, 3.63) is 76.6 Å². The zero-order valence-electron chi connectivity index (χ0n) is 19.5. The average molecular weight is 484 g/mol. The summed E-state index contributed by atoms with van der Waals surface area (Å²) >= 11 is 0. The molecular formula is C26H24F4N4O. The molecule has 3 heterocycles. The van der Waals surface area contributed by atoms with E-state index in [0.717, 1.165) is 6.20 Å². The van der Waals surface area contributed by atoms with Crippen LogP contribution in [0.2, 0.25) is 0 Å². The van der Waals surface area contributed by atoms with Crippen LogP contribution in [0.25, 0.3) is 11.1 Å². The average Bonchev–Trinajstić information content (AvgIpc) is 3.22. The zero-order chi connectivity index (χ0) is 25.2. The quantitative estimate of drug-likeness (QED) is 0.514. The molecule has 1 aliphatic carbocycles. The van der Waals surface area contributed by atoms with Crippen LogP contribution in [0.5, 0.6) is 0 Å². The number of allylic oxidation sites excluding steroid dienone is 3. The monoisotopic (exact) mass is 484 g/mol. The Bertz CT molecular complexity index is 1320. The fourth-order valence-corrected chi connectivity index (χ4v) is 5.77. The number of halogens is 4. The maximum atomic E-state index is 14.6. The molecule has 2 aliphatic heterocycles. The lowest BCUT2D eigenvalue weighted by Crippen LogP contribution is -2.52. The van der Waals surface area contributed by atoms with Crippen LogP contribution in [0.1, 0.15) is 45.6 Å². The van der Waals surface area contributed by atoms with Crippen LogP contribution in [-0.4, -0.2) is 23.1 Å². The van der Waals surface area contributed by atoms with Crippen LogP contribution >= 0.6 is 0 Å². The summed E-state index contributed by atoms with van der Waals surface area (Å²) in [5.74, 6) is -0.750. The number of hydrogen-bond donors (Lipinski definition) is 1. The van der Waals surface area contributed by atoms with Crippen molar-refractivity contribution < 1.29 is 22.4 Å². The Labute approximate surface area is 200 Å². The molecule has 0 bridgehead atoms. The predicted octanol–water partition coefficient (Wildman–Crippen LogP) is 6.39. The molecule has 1 N–H and O–H groups in total. The molecule has 1 aromatic heterocycles. The van der Waals surface area contributed by atoms with E-state index in [1.165, 1.54) is 12.3 Å². The Kier molecular flexibility index (Phi) is 5.23. The summed E-state index contributed by atoms with van der Waals surface area (Å²) < 4.78 is 57.1. The van der Waals surface area contributed by atoms with Gasteiger partial charge >= 0.3 is 6.18 Å². The lowest BCUT2D eigenvalue weighted by molar-refractivity contribution is -0.119. The van der Waals surface area contributed by atoms with Crippen LogP contribution in [0, 0.1) is 11.2 Å². The standard InChI is InChI=1S/C26H24F4N4O/c1-4-25(15-7-5-6-14(10-15)16-8-9-31-13-17(16)27)20-18(11-24(2,3)12-19(20)35)32-23-21(25)22(33-34-23)26(28,29)30/h5-10,13,23,32H,4,11-12H2,1-3H3/t23?,25-/m0/s1. The van der Waals surface area contributed by atoms with E-state index in [-0.39, 0.29) is 35.2 Å². The number of aromatic nitrogens is 1. The molecule has 2 aromatic rings. The maximum Gasteiger partial charge on any atom is 0.435 e. The van der Waals surface area contributed by atoms with Gasteiger partial charge in [0.1, 0.15) is 5.82 Å². The summed E-state index contributed by atoms with van der Waals surface area (Å²) in [5, 5.41) is 10.6. The number of nitrogens with one attached hydrogen (secondary N) is 1. The highest BCUT2D eigenvalue weighted by Crippen LogP contribution is 2.56. The van der Waals surface area contributed by atoms with Gasteiger partial charge in [-0.2, -0.15) is 18.3 Å². The largest absolute Gasteiger partial charge is 0.435 e. The van der Waals surface area contributed by atoms with E-state index in [1.807, 2.05) is 13.8 Å². The molecule has 1 unspecified atom stereocenters. The molecule has 0 saturated heterocycles. The van der Waals surface area contributed by atoms with Gasteiger partial charge < -0.3 is 5.32 Å². The van der Waals surface area contributed by atoms with Crippen LogP contribution < -0.4 is 5.32 Å². The topological polar surface area (TPSA) is 66.7 Å². The first-order valence-electron chi connectivity index (χ1n) is 11.4. The molecule has 35 heavy (non-hydrogen) atoms. The predicted molar refractivity (Wildman–Crippen MR) is 122 cm³/mol. The van der Waals surface area contributed by atoms with Crippen molar-refractivity contribution in [1.29, 1.82) is 0 Å². The van der Waals surface area contributed by atoms with Gasteiger partial charge in [0.05, 0.1) is 11.6 Å². The number of azo groups is 1. The molecule has 5 nitrogen and oxygen atoms in total. The second-order valence-electron chi connectivity index (χ2n) is 10.0. The number of Topliss-reactive ketones (excluding diaryl/α,β-unsaturated/α-hetero) is 1. The molecule has 0 saturated carbocycles. The summed E-state index contributed by atoms with van der Waals surface area (Å²) in [6, 6.07) is 8.24. The lowest BCUT2D eigenvalue weighted by Gasteiger charge is -2.48. The van der Waals surface area contributed by atoms with Crippen molar-refractivity contribution in [2.75, 3.05) is 0 Å². The number of carbonyl (C=O) groups excluding carboxylic acids is 1. The number of ketones is 1. The van der Waals surface area contributed by atoms with Gasteiger partial charge in [-0.25, -0.2) is 4.39 Å². The Morgan fingerprint density at radius 3 is 2.63 bits per heavy atom. The molecule has 1 aromatic carbocycles. The minimum Gasteiger partial charge on any atom is -0.362 e. The SMILES string of the molecule is CC[C@]1(c2cccc(-c3ccncc3F)c2)C2=C(CC(C)(C)CC2=O)NC2N=NC(C(F)(F)F)=C21. The fraction of sp³-hybridized carbons (Fsp3) is 0.385. The summed E-state index contributed by atoms with van der Waals surface area (Å²) in [7, 11) is 0. The second-order valence-corrected chi connectivity index (χ2v) is 10.0. The number of alkyl halides is 3. The van der Waals surface area contributed by atoms with E-state index in [1.54, 1.807) is 31.2 Å². The Balaban J connectivity index is 1.83. The third-order valence-corrected chi connectivity index (χ3v) is 7.11. The van der Waals surface area contributed by atoms with Gasteiger partial charge in [-0.05, 0) is 41.5 Å². The van der Waals surface area contributed by atoms with E-state index in [0.29, 0.717) is 28.8 Å². The zero-order valence-corrected chi connectivity index (χ0v) is 19.5. The van der Waals surface area contributed by atoms with Crippen molar-refractivity contribution in [3.63, 3.8) is 0 Å². The highest BCUT2D eigenvalue weighted by molar-refractivity contribution is 6.01. The normalized spacial score (nSPS) is 25.5.